The van der Waals surface area contributed by atoms with E-state index in [0.29, 0.717) is 18.2 Å². The molecule has 0 fully saturated rings. The Morgan fingerprint density at radius 2 is 2.00 bits per heavy atom. The third-order valence-corrected chi connectivity index (χ3v) is 6.71. The summed E-state index contributed by atoms with van der Waals surface area (Å²) < 4.78 is 0. The molecule has 6 heteroatoms. The van der Waals surface area contributed by atoms with Crippen molar-refractivity contribution in [1.29, 1.82) is 15.8 Å². The predicted octanol–water partition coefficient (Wildman–Crippen LogP) is 3.19. The smallest absolute Gasteiger partial charge is 0.192 e. The first-order chi connectivity index (χ1) is 12.4. The topological polar surface area (TPSA) is 101 Å². The van der Waals surface area contributed by atoms with Crippen molar-refractivity contribution < 1.29 is 0 Å². The molecule has 1 aromatic heterocycles. The van der Waals surface area contributed by atoms with Crippen molar-refractivity contribution in [3.63, 3.8) is 0 Å². The second-order valence-corrected chi connectivity index (χ2v) is 8.14. The highest BCUT2D eigenvalue weighted by molar-refractivity contribution is 7.10. The minimum Gasteiger partial charge on any atom is -0.399 e. The van der Waals surface area contributed by atoms with Crippen molar-refractivity contribution in [1.82, 2.24) is 4.90 Å². The van der Waals surface area contributed by atoms with E-state index in [2.05, 4.69) is 37.0 Å². The maximum absolute atomic E-state index is 10.0. The molecule has 3 rings (SSSR count). The molecule has 2 atom stereocenters. The highest BCUT2D eigenvalue weighted by atomic mass is 32.1. The molecular formula is C20H21N5S. The maximum atomic E-state index is 10.0. The number of hydrogen-bond acceptors (Lipinski definition) is 6. The molecule has 1 aliphatic carbocycles. The number of rotatable bonds is 2. The van der Waals surface area contributed by atoms with Crippen LogP contribution in [0, 0.1) is 52.2 Å². The molecule has 0 unspecified atom stereocenters. The summed E-state index contributed by atoms with van der Waals surface area (Å²) in [6.07, 6.45) is 2.05. The van der Waals surface area contributed by atoms with Gasteiger partial charge in [-0.25, -0.2) is 0 Å². The van der Waals surface area contributed by atoms with Crippen molar-refractivity contribution in [3.8, 4) is 18.2 Å². The van der Waals surface area contributed by atoms with Crippen LogP contribution in [0.15, 0.2) is 34.4 Å². The predicted molar refractivity (Wildman–Crippen MR) is 101 cm³/mol. The lowest BCUT2D eigenvalue weighted by Gasteiger charge is -2.46. The van der Waals surface area contributed by atoms with E-state index in [1.54, 1.807) is 11.3 Å². The molecule has 2 aliphatic rings. The zero-order valence-corrected chi connectivity index (χ0v) is 16.0. The first kappa shape index (κ1) is 18.2. The van der Waals surface area contributed by atoms with E-state index in [1.807, 2.05) is 24.4 Å². The van der Waals surface area contributed by atoms with Crippen LogP contribution in [0.3, 0.4) is 0 Å². The van der Waals surface area contributed by atoms with Crippen LogP contribution in [0.1, 0.15) is 30.2 Å². The van der Waals surface area contributed by atoms with E-state index in [9.17, 15) is 15.8 Å². The number of fused-ring (bicyclic) bond motifs is 1. The number of nitrogens with zero attached hydrogens (tertiary/aromatic N) is 4. The van der Waals surface area contributed by atoms with Gasteiger partial charge in [-0.05, 0) is 43.4 Å². The number of nitrogens with two attached hydrogens (primary N) is 1. The molecule has 5 nitrogen and oxygen atoms in total. The van der Waals surface area contributed by atoms with Crippen molar-refractivity contribution in [3.05, 3.63) is 44.8 Å². The van der Waals surface area contributed by atoms with E-state index in [1.165, 1.54) is 0 Å². The van der Waals surface area contributed by atoms with Crippen LogP contribution in [-0.4, -0.2) is 24.0 Å². The van der Waals surface area contributed by atoms with Gasteiger partial charge < -0.3 is 5.73 Å². The first-order valence-electron chi connectivity index (χ1n) is 8.62. The van der Waals surface area contributed by atoms with Gasteiger partial charge in [0, 0.05) is 35.8 Å². The Labute approximate surface area is 158 Å². The third kappa shape index (κ3) is 2.44. The zero-order chi connectivity index (χ0) is 19.1. The molecule has 1 aliphatic heterocycles. The third-order valence-electron chi connectivity index (χ3n) is 5.61. The molecule has 0 saturated carbocycles. The Morgan fingerprint density at radius 1 is 1.31 bits per heavy atom. The fraction of sp³-hybridized carbons (Fsp3) is 0.450. The summed E-state index contributed by atoms with van der Waals surface area (Å²) in [6, 6.07) is 8.89. The van der Waals surface area contributed by atoms with Gasteiger partial charge in [-0.15, -0.1) is 11.3 Å². The normalized spacial score (nSPS) is 25.0. The summed E-state index contributed by atoms with van der Waals surface area (Å²) in [5, 5.41) is 31.7. The van der Waals surface area contributed by atoms with Crippen LogP contribution in [0.4, 0.5) is 0 Å². The lowest BCUT2D eigenvalue weighted by Crippen LogP contribution is -2.49. The molecule has 2 heterocycles. The number of thiophene rings is 1. The standard InChI is InChI=1S/C20H21N5S/c1-12(2)25-6-4-14-15(8-21)19(24)20(10-22,11-23)17(16(14)9-25)18-13(3)5-7-26-18/h4-5,7,12,16-17H,6,9,24H2,1-3H3/t16-,17-/m0/s1. The van der Waals surface area contributed by atoms with Crippen LogP contribution in [0.5, 0.6) is 0 Å². The SMILES string of the molecule is Cc1ccsc1[C@@H]1[C@H]2CN(C(C)C)CC=C2C(C#N)=C(N)C1(C#N)C#N. The number of allylic oxidation sites excluding steroid dienone is 2. The summed E-state index contributed by atoms with van der Waals surface area (Å²) in [6.45, 7) is 7.70. The molecule has 0 radical (unpaired) electrons. The number of hydrogen-bond donors (Lipinski definition) is 1. The van der Waals surface area contributed by atoms with Crippen molar-refractivity contribution in [2.45, 2.75) is 32.7 Å². The average Bonchev–Trinajstić information content (AvgIpc) is 3.05. The highest BCUT2D eigenvalue weighted by Gasteiger charge is 2.55. The van der Waals surface area contributed by atoms with Crippen molar-refractivity contribution in [2.24, 2.45) is 17.1 Å². The minimum atomic E-state index is -1.53. The molecule has 26 heavy (non-hydrogen) atoms. The van der Waals surface area contributed by atoms with Gasteiger partial charge in [0.05, 0.1) is 23.4 Å². The largest absolute Gasteiger partial charge is 0.399 e. The molecule has 2 N–H and O–H groups in total. The Kier molecular flexibility index (Phi) is 4.63. The first-order valence-corrected chi connectivity index (χ1v) is 9.50. The Morgan fingerprint density at radius 3 is 2.50 bits per heavy atom. The van der Waals surface area contributed by atoms with Gasteiger partial charge in [0.2, 0.25) is 0 Å². The molecule has 0 saturated heterocycles. The van der Waals surface area contributed by atoms with Gasteiger partial charge in [-0.2, -0.15) is 15.8 Å². The van der Waals surface area contributed by atoms with Crippen molar-refractivity contribution >= 4 is 11.3 Å². The molecular weight excluding hydrogens is 342 g/mol. The van der Waals surface area contributed by atoms with Crippen LogP contribution < -0.4 is 5.73 Å². The van der Waals surface area contributed by atoms with Gasteiger partial charge in [0.1, 0.15) is 6.07 Å². The lowest BCUT2D eigenvalue weighted by molar-refractivity contribution is 0.175. The van der Waals surface area contributed by atoms with Gasteiger partial charge in [0.15, 0.2) is 5.41 Å². The van der Waals surface area contributed by atoms with E-state index in [4.69, 9.17) is 5.73 Å². The molecule has 0 spiro atoms. The quantitative estimate of drug-likeness (QED) is 0.869. The van der Waals surface area contributed by atoms with E-state index < -0.39 is 5.41 Å². The van der Waals surface area contributed by atoms with Crippen LogP contribution in [0.2, 0.25) is 0 Å². The van der Waals surface area contributed by atoms with Gasteiger partial charge in [-0.1, -0.05) is 6.08 Å². The number of aryl methyl sites for hydroxylation is 1. The Hall–Kier alpha value is -2.59. The van der Waals surface area contributed by atoms with Gasteiger partial charge in [0.25, 0.3) is 0 Å². The van der Waals surface area contributed by atoms with Gasteiger partial charge in [-0.3, -0.25) is 4.90 Å². The van der Waals surface area contributed by atoms with Crippen LogP contribution in [-0.2, 0) is 0 Å². The van der Waals surface area contributed by atoms with E-state index in [0.717, 1.165) is 22.6 Å². The molecule has 0 bridgehead atoms. The summed E-state index contributed by atoms with van der Waals surface area (Å²) in [4.78, 5) is 3.31. The van der Waals surface area contributed by atoms with Crippen LogP contribution in [0.25, 0.3) is 0 Å². The fourth-order valence-electron chi connectivity index (χ4n) is 4.10. The van der Waals surface area contributed by atoms with E-state index >= 15 is 0 Å². The maximum Gasteiger partial charge on any atom is 0.192 e. The Bertz CT molecular complexity index is 901. The highest BCUT2D eigenvalue weighted by Crippen LogP contribution is 2.55. The minimum absolute atomic E-state index is 0.100. The second-order valence-electron chi connectivity index (χ2n) is 7.19. The summed E-state index contributed by atoms with van der Waals surface area (Å²) in [5.41, 5.74) is 7.14. The second kappa shape index (κ2) is 6.61. The zero-order valence-electron chi connectivity index (χ0n) is 15.2. The Balaban J connectivity index is 2.31. The van der Waals surface area contributed by atoms with Gasteiger partial charge >= 0.3 is 0 Å². The molecule has 1 aromatic rings. The summed E-state index contributed by atoms with van der Waals surface area (Å²) in [5.74, 6) is -0.479. The average molecular weight is 363 g/mol. The molecule has 0 amide bonds. The molecule has 0 aromatic carbocycles. The monoisotopic (exact) mass is 363 g/mol. The summed E-state index contributed by atoms with van der Waals surface area (Å²) >= 11 is 1.56. The van der Waals surface area contributed by atoms with Crippen molar-refractivity contribution in [2.75, 3.05) is 13.1 Å². The fourth-order valence-corrected chi connectivity index (χ4v) is 5.26. The van der Waals surface area contributed by atoms with Crippen LogP contribution >= 0.6 is 11.3 Å². The summed E-state index contributed by atoms with van der Waals surface area (Å²) in [7, 11) is 0. The lowest BCUT2D eigenvalue weighted by atomic mass is 9.59. The van der Waals surface area contributed by atoms with E-state index in [-0.39, 0.29) is 17.5 Å². The molecule has 132 valence electrons. The number of nitriles is 3.